The van der Waals surface area contributed by atoms with Crippen LogP contribution >= 0.6 is 11.9 Å². The molecule has 0 bridgehead atoms. The Morgan fingerprint density at radius 2 is 2.47 bits per heavy atom. The highest BCUT2D eigenvalue weighted by molar-refractivity contribution is 7.99. The fraction of sp³-hybridized carbons (Fsp3) is 0.625. The topological polar surface area (TPSA) is 77.0 Å². The predicted octanol–water partition coefficient (Wildman–Crippen LogP) is 0.792. The summed E-state index contributed by atoms with van der Waals surface area (Å²) in [6.45, 7) is 5.22. The van der Waals surface area contributed by atoms with Crippen molar-refractivity contribution in [1.82, 2.24) is 5.32 Å². The monoisotopic (exact) mass is 232 g/mol. The maximum atomic E-state index is 11.1. The van der Waals surface area contributed by atoms with Gasteiger partial charge in [0.1, 0.15) is 11.8 Å². The number of amides is 1. The first-order valence-electron chi connectivity index (χ1n) is 4.20. The summed E-state index contributed by atoms with van der Waals surface area (Å²) < 4.78 is 12.9. The van der Waals surface area contributed by atoms with E-state index in [1.807, 2.05) is 0 Å². The zero-order valence-corrected chi connectivity index (χ0v) is 9.30. The van der Waals surface area contributed by atoms with Gasteiger partial charge in [0.15, 0.2) is 11.5 Å². The second kappa shape index (κ2) is 4.63. The van der Waals surface area contributed by atoms with E-state index in [1.54, 1.807) is 6.92 Å². The van der Waals surface area contributed by atoms with E-state index in [0.717, 1.165) is 0 Å². The van der Waals surface area contributed by atoms with E-state index < -0.39 is 11.0 Å². The lowest BCUT2D eigenvalue weighted by atomic mass is 10.1. The van der Waals surface area contributed by atoms with Crippen LogP contribution in [-0.2, 0) is 14.3 Å². The van der Waals surface area contributed by atoms with Crippen molar-refractivity contribution < 1.29 is 14.3 Å². The van der Waals surface area contributed by atoms with Crippen molar-refractivity contribution in [3.8, 4) is 0 Å². The summed E-state index contributed by atoms with van der Waals surface area (Å²) >= 11 is 0.683. The molecule has 1 aliphatic heterocycles. The van der Waals surface area contributed by atoms with Crippen LogP contribution < -0.4 is 5.32 Å². The molecule has 1 heterocycles. The number of nitroso groups, excluding NO2 is 1. The van der Waals surface area contributed by atoms with E-state index in [-0.39, 0.29) is 12.5 Å². The van der Waals surface area contributed by atoms with E-state index in [1.165, 1.54) is 7.11 Å². The van der Waals surface area contributed by atoms with Crippen LogP contribution in [0.1, 0.15) is 6.92 Å². The maximum absolute atomic E-state index is 11.1. The Hall–Kier alpha value is -1.08. The fourth-order valence-corrected chi connectivity index (χ4v) is 1.75. The molecule has 1 aliphatic rings. The molecule has 7 heteroatoms. The molecule has 0 aromatic rings. The lowest BCUT2D eigenvalue weighted by Crippen LogP contribution is -2.55. The Labute approximate surface area is 91.5 Å². The molecular formula is C8H12N2O4S. The second-order valence-electron chi connectivity index (χ2n) is 3.14. The summed E-state index contributed by atoms with van der Waals surface area (Å²) in [6, 6.07) is -0.591. The number of hydrogen-bond acceptors (Lipinski definition) is 6. The van der Waals surface area contributed by atoms with Gasteiger partial charge in [-0.15, -0.1) is 4.91 Å². The van der Waals surface area contributed by atoms with Gasteiger partial charge < -0.3 is 14.8 Å². The van der Waals surface area contributed by atoms with Crippen molar-refractivity contribution in [2.45, 2.75) is 17.9 Å². The minimum absolute atomic E-state index is 0.0612. The van der Waals surface area contributed by atoms with Gasteiger partial charge in [-0.1, -0.05) is 6.58 Å². The third-order valence-corrected chi connectivity index (χ3v) is 3.00. The highest BCUT2D eigenvalue weighted by atomic mass is 32.2. The van der Waals surface area contributed by atoms with Gasteiger partial charge >= 0.3 is 0 Å². The standard InChI is InChI=1S/C8H12N2O4S/c1-5-7(9-6(11)4-14-5)8(2,13-3)15-10-12/h7H,1,4H2,2-3H3,(H,9,11). The third kappa shape index (κ3) is 2.48. The zero-order valence-electron chi connectivity index (χ0n) is 8.48. The first-order chi connectivity index (χ1) is 7.03. The number of carbonyl (C=O) groups is 1. The smallest absolute Gasteiger partial charge is 0.258 e. The summed E-state index contributed by atoms with van der Waals surface area (Å²) in [6.07, 6.45) is 0. The number of rotatable bonds is 4. The molecule has 1 N–H and O–H groups in total. The number of methoxy groups -OCH3 is 1. The second-order valence-corrected chi connectivity index (χ2v) is 4.28. The maximum Gasteiger partial charge on any atom is 0.258 e. The van der Waals surface area contributed by atoms with E-state index in [2.05, 4.69) is 16.5 Å². The first kappa shape index (κ1) is 12.0. The van der Waals surface area contributed by atoms with Crippen LogP contribution in [0.15, 0.2) is 16.9 Å². The Bertz CT molecular complexity index is 296. The Balaban J connectivity index is 2.85. The molecule has 6 nitrogen and oxygen atoms in total. The lowest BCUT2D eigenvalue weighted by molar-refractivity contribution is -0.130. The van der Waals surface area contributed by atoms with Gasteiger partial charge in [0.2, 0.25) is 0 Å². The van der Waals surface area contributed by atoms with Gasteiger partial charge in [-0.2, -0.15) is 0 Å². The highest BCUT2D eigenvalue weighted by Crippen LogP contribution is 2.34. The lowest BCUT2D eigenvalue weighted by Gasteiger charge is -2.36. The number of nitrogens with one attached hydrogen (secondary N) is 1. The SMILES string of the molecule is C=C1OCC(=O)NC1C(C)(OC)SN=O. The first-order valence-corrected chi connectivity index (χ1v) is 4.98. The summed E-state index contributed by atoms with van der Waals surface area (Å²) in [4.78, 5) is 20.4. The quantitative estimate of drug-likeness (QED) is 0.440. The van der Waals surface area contributed by atoms with Crippen LogP contribution in [0, 0.1) is 4.91 Å². The minimum Gasteiger partial charge on any atom is -0.486 e. The predicted molar refractivity (Wildman–Crippen MR) is 55.8 cm³/mol. The normalized spacial score (nSPS) is 25.1. The van der Waals surface area contributed by atoms with Gasteiger partial charge in [-0.3, -0.25) is 4.79 Å². The molecule has 15 heavy (non-hydrogen) atoms. The van der Waals surface area contributed by atoms with Crippen molar-refractivity contribution in [2.24, 2.45) is 4.58 Å². The van der Waals surface area contributed by atoms with Gasteiger partial charge in [-0.05, 0) is 6.92 Å². The molecule has 2 unspecified atom stereocenters. The number of hydrogen-bond donors (Lipinski definition) is 1. The largest absolute Gasteiger partial charge is 0.486 e. The van der Waals surface area contributed by atoms with Crippen LogP contribution in [-0.4, -0.2) is 30.6 Å². The molecule has 0 saturated carbocycles. The summed E-state index contributed by atoms with van der Waals surface area (Å²) in [5.41, 5.74) is 0. The van der Waals surface area contributed by atoms with Crippen LogP contribution in [0.4, 0.5) is 0 Å². The fourth-order valence-electron chi connectivity index (χ4n) is 1.23. The average Bonchev–Trinajstić information content (AvgIpc) is 2.22. The van der Waals surface area contributed by atoms with Crippen LogP contribution in [0.5, 0.6) is 0 Å². The molecule has 1 rings (SSSR count). The molecule has 0 spiro atoms. The van der Waals surface area contributed by atoms with Crippen LogP contribution in [0.25, 0.3) is 0 Å². The summed E-state index contributed by atoms with van der Waals surface area (Å²) in [5.74, 6) is 0.0808. The molecule has 0 aromatic heterocycles. The van der Waals surface area contributed by atoms with Gasteiger partial charge in [0.05, 0.1) is 11.9 Å². The van der Waals surface area contributed by atoms with Crippen molar-refractivity contribution >= 4 is 17.9 Å². The Morgan fingerprint density at radius 1 is 1.80 bits per heavy atom. The Morgan fingerprint density at radius 3 is 3.00 bits per heavy atom. The van der Waals surface area contributed by atoms with Gasteiger partial charge in [-0.25, -0.2) is 0 Å². The molecule has 84 valence electrons. The molecule has 0 aromatic carbocycles. The number of ether oxygens (including phenoxy) is 2. The molecular weight excluding hydrogens is 220 g/mol. The molecule has 1 saturated heterocycles. The molecule has 1 amide bonds. The molecule has 0 aliphatic carbocycles. The van der Waals surface area contributed by atoms with E-state index in [9.17, 15) is 9.70 Å². The van der Waals surface area contributed by atoms with E-state index in [4.69, 9.17) is 9.47 Å². The van der Waals surface area contributed by atoms with Gasteiger partial charge in [0.25, 0.3) is 5.91 Å². The van der Waals surface area contributed by atoms with Crippen molar-refractivity contribution in [1.29, 1.82) is 0 Å². The molecule has 0 radical (unpaired) electrons. The number of nitrogens with zero attached hydrogens (tertiary/aromatic N) is 1. The zero-order chi connectivity index (χ0) is 11.5. The molecule has 2 atom stereocenters. The number of morpholine rings is 1. The van der Waals surface area contributed by atoms with Crippen LogP contribution in [0.3, 0.4) is 0 Å². The Kier molecular flexibility index (Phi) is 3.70. The number of carbonyl (C=O) groups excluding carboxylic acids is 1. The third-order valence-electron chi connectivity index (χ3n) is 2.16. The average molecular weight is 232 g/mol. The van der Waals surface area contributed by atoms with Crippen LogP contribution in [0.2, 0.25) is 0 Å². The van der Waals surface area contributed by atoms with Crippen molar-refractivity contribution in [3.63, 3.8) is 0 Å². The van der Waals surface area contributed by atoms with Crippen molar-refractivity contribution in [2.75, 3.05) is 13.7 Å². The minimum atomic E-state index is -1.01. The molecule has 1 fully saturated rings. The van der Waals surface area contributed by atoms with E-state index in [0.29, 0.717) is 17.7 Å². The van der Waals surface area contributed by atoms with Crippen molar-refractivity contribution in [3.05, 3.63) is 17.2 Å². The van der Waals surface area contributed by atoms with Gasteiger partial charge in [0, 0.05) is 11.7 Å². The summed E-state index contributed by atoms with van der Waals surface area (Å²) in [5, 5.41) is 2.63. The van der Waals surface area contributed by atoms with E-state index >= 15 is 0 Å². The summed E-state index contributed by atoms with van der Waals surface area (Å²) in [7, 11) is 1.42. The highest BCUT2D eigenvalue weighted by Gasteiger charge is 2.42.